The summed E-state index contributed by atoms with van der Waals surface area (Å²) >= 11 is 1.27. The molecule has 0 N–H and O–H groups in total. The Bertz CT molecular complexity index is 176. The fourth-order valence-electron chi connectivity index (χ4n) is 1.15. The van der Waals surface area contributed by atoms with Crippen molar-refractivity contribution in [2.45, 2.75) is 32.6 Å². The van der Waals surface area contributed by atoms with Crippen LogP contribution in [0.15, 0.2) is 21.1 Å². The van der Waals surface area contributed by atoms with Crippen LogP contribution in [-0.4, -0.2) is 0 Å². The molecule has 0 bridgehead atoms. The Kier molecular flexibility index (Phi) is 14.8. The van der Waals surface area contributed by atoms with Crippen molar-refractivity contribution >= 4 is 0 Å². The Labute approximate surface area is 92.2 Å². The average Bonchev–Trinajstić information content (AvgIpc) is 2.31. The molecule has 1 aliphatic carbocycles. The van der Waals surface area contributed by atoms with E-state index in [1.165, 1.54) is 50.1 Å². The summed E-state index contributed by atoms with van der Waals surface area (Å²) in [6.07, 6.45) is 9.89. The Morgan fingerprint density at radius 2 is 1.92 bits per heavy atom. The average molecular weight is 360 g/mol. The Hall–Kier alpha value is 0.140. The van der Waals surface area contributed by atoms with E-state index in [0.29, 0.717) is 0 Å². The molecule has 0 radical (unpaired) electrons. The minimum absolute atomic E-state index is 0. The van der Waals surface area contributed by atoms with Gasteiger partial charge in [-0.25, -0.2) is 0 Å². The van der Waals surface area contributed by atoms with Gasteiger partial charge in [0.05, 0.1) is 0 Å². The molecule has 0 unspecified atom stereocenters. The third-order valence-electron chi connectivity index (χ3n) is 1.83. The molecule has 1 aliphatic rings. The minimum Gasteiger partial charge on any atom is -0.269 e. The summed E-state index contributed by atoms with van der Waals surface area (Å²) < 4.78 is 1.72. The summed E-state index contributed by atoms with van der Waals surface area (Å²) in [5.41, 5.74) is 1.65. The molecule has 77 valence electrons. The third kappa shape index (κ3) is 6.24. The summed E-state index contributed by atoms with van der Waals surface area (Å²) in [6.45, 7) is 2.26. The number of allylic oxidation sites excluding steroid dienone is 4. The van der Waals surface area contributed by atoms with Gasteiger partial charge in [0, 0.05) is 0 Å². The fraction of sp³-hybridized carbons (Fsp3) is 0.556. The van der Waals surface area contributed by atoms with Crippen molar-refractivity contribution in [2.24, 2.45) is 0 Å². The molecule has 13 heavy (non-hydrogen) atoms. The zero-order chi connectivity index (χ0) is 7.40. The van der Waals surface area contributed by atoms with Crippen LogP contribution in [0.4, 0.5) is 14.1 Å². The first-order chi connectivity index (χ1) is 4.84. The standard InChI is InChI=1S/C9H13.3FH.Hf/c1-2-3-6-9-7-4-5-8-9;;;;/h4,7H,2-3,5-6H2,1H3;3*1H;. The summed E-state index contributed by atoms with van der Waals surface area (Å²) in [5.74, 6) is 0. The smallest absolute Gasteiger partial charge is 0.269 e. The second-order valence-electron chi connectivity index (χ2n) is 2.71. The monoisotopic (exact) mass is 361 g/mol. The summed E-state index contributed by atoms with van der Waals surface area (Å²) in [7, 11) is 0. The normalized spacial score (nSPS) is 12.9. The van der Waals surface area contributed by atoms with Gasteiger partial charge in [0.25, 0.3) is 0 Å². The van der Waals surface area contributed by atoms with Gasteiger partial charge in [-0.05, 0) is 0 Å². The second-order valence-corrected chi connectivity index (χ2v) is 4.88. The number of unbranched alkanes of at least 4 members (excludes halogenated alkanes) is 1. The van der Waals surface area contributed by atoms with Crippen molar-refractivity contribution in [3.8, 4) is 0 Å². The van der Waals surface area contributed by atoms with Gasteiger partial charge >= 0.3 is 78.0 Å². The fourth-order valence-corrected chi connectivity index (χ4v) is 2.32. The zero-order valence-electron chi connectivity index (χ0n) is 7.71. The van der Waals surface area contributed by atoms with E-state index in [1.807, 2.05) is 0 Å². The van der Waals surface area contributed by atoms with Crippen LogP contribution in [0.2, 0.25) is 0 Å². The first-order valence-corrected chi connectivity index (χ1v) is 5.74. The Morgan fingerprint density at radius 1 is 1.31 bits per heavy atom. The van der Waals surface area contributed by atoms with Crippen molar-refractivity contribution in [1.82, 2.24) is 0 Å². The molecule has 0 heterocycles. The summed E-state index contributed by atoms with van der Waals surface area (Å²) in [4.78, 5) is 0. The number of halogens is 3. The van der Waals surface area contributed by atoms with E-state index in [4.69, 9.17) is 0 Å². The second kappa shape index (κ2) is 10.2. The zero-order valence-corrected chi connectivity index (χ0v) is 11.3. The molecule has 0 aromatic carbocycles. The first-order valence-electron chi connectivity index (χ1n) is 3.94. The molecule has 0 aromatic heterocycles. The van der Waals surface area contributed by atoms with Gasteiger partial charge in [0.2, 0.25) is 0 Å². The maximum atomic E-state index is 2.32. The molecule has 1 rings (SSSR count). The molecule has 0 atom stereocenters. The predicted octanol–water partition coefficient (Wildman–Crippen LogP) is 3.39. The maximum absolute atomic E-state index is 2.32. The van der Waals surface area contributed by atoms with Gasteiger partial charge in [-0.3, -0.25) is 14.1 Å². The molecule has 0 spiro atoms. The minimum atomic E-state index is 0. The van der Waals surface area contributed by atoms with E-state index in [2.05, 4.69) is 19.1 Å². The van der Waals surface area contributed by atoms with Crippen LogP contribution in [0.5, 0.6) is 0 Å². The molecule has 0 aromatic rings. The summed E-state index contributed by atoms with van der Waals surface area (Å²) in [5, 5.41) is 0. The number of rotatable bonds is 3. The van der Waals surface area contributed by atoms with Gasteiger partial charge in [-0.1, -0.05) is 0 Å². The van der Waals surface area contributed by atoms with Crippen molar-refractivity contribution in [1.29, 1.82) is 0 Å². The Morgan fingerprint density at radius 3 is 2.31 bits per heavy atom. The van der Waals surface area contributed by atoms with Crippen LogP contribution >= 0.6 is 0 Å². The van der Waals surface area contributed by atoms with Gasteiger partial charge < -0.3 is 0 Å². The molecule has 0 saturated heterocycles. The third-order valence-corrected chi connectivity index (χ3v) is 3.72. The van der Waals surface area contributed by atoms with Crippen molar-refractivity contribution in [3.05, 3.63) is 21.1 Å². The molecule has 0 fully saturated rings. The van der Waals surface area contributed by atoms with Gasteiger partial charge in [0.1, 0.15) is 0 Å². The van der Waals surface area contributed by atoms with Crippen molar-refractivity contribution in [3.63, 3.8) is 0 Å². The topological polar surface area (TPSA) is 0 Å². The molecule has 0 nitrogen and oxygen atoms in total. The number of hydrogen-bond donors (Lipinski definition) is 0. The largest absolute Gasteiger partial charge is 0.269 e. The van der Waals surface area contributed by atoms with Gasteiger partial charge in [-0.2, -0.15) is 0 Å². The molecule has 0 aliphatic heterocycles. The molecule has 0 saturated carbocycles. The predicted molar refractivity (Wildman–Crippen MR) is 47.8 cm³/mol. The van der Waals surface area contributed by atoms with E-state index in [9.17, 15) is 0 Å². The summed E-state index contributed by atoms with van der Waals surface area (Å²) in [6, 6.07) is 0. The quantitative estimate of drug-likeness (QED) is 0.678. The van der Waals surface area contributed by atoms with E-state index < -0.39 is 0 Å². The van der Waals surface area contributed by atoms with E-state index in [1.54, 1.807) is 8.90 Å². The van der Waals surface area contributed by atoms with E-state index >= 15 is 0 Å². The van der Waals surface area contributed by atoms with Crippen LogP contribution in [0, 0.1) is 0 Å². The molecule has 0 amide bonds. The molecular weight excluding hydrogens is 344 g/mol. The van der Waals surface area contributed by atoms with Crippen molar-refractivity contribution in [2.75, 3.05) is 0 Å². The van der Waals surface area contributed by atoms with Crippen molar-refractivity contribution < 1.29 is 38.5 Å². The molecular formula is C9H16F3Hf. The maximum Gasteiger partial charge on any atom is -0.269 e. The first kappa shape index (κ1) is 18.8. The SMILES string of the molecule is CCCCC1=[C]([Hf])CC=C1.F.F.F. The van der Waals surface area contributed by atoms with Gasteiger partial charge in [0.15, 0.2) is 0 Å². The van der Waals surface area contributed by atoms with E-state index in [0.717, 1.165) is 0 Å². The van der Waals surface area contributed by atoms with Crippen LogP contribution < -0.4 is 0 Å². The molecule has 4 heteroatoms. The van der Waals surface area contributed by atoms with E-state index in [-0.39, 0.29) is 14.1 Å². The van der Waals surface area contributed by atoms with Crippen LogP contribution in [0.25, 0.3) is 0 Å². The van der Waals surface area contributed by atoms with Crippen LogP contribution in [-0.2, 0) is 24.4 Å². The Balaban J connectivity index is -0.000000333. The number of hydrogen-bond acceptors (Lipinski definition) is 0. The van der Waals surface area contributed by atoms with Crippen LogP contribution in [0.3, 0.4) is 0 Å². The van der Waals surface area contributed by atoms with Gasteiger partial charge in [-0.15, -0.1) is 0 Å². The van der Waals surface area contributed by atoms with Crippen LogP contribution in [0.1, 0.15) is 32.6 Å².